The minimum atomic E-state index is -4.51. The number of halogens is 3. The van der Waals surface area contributed by atoms with Crippen LogP contribution in [-0.2, 0) is 6.18 Å². The van der Waals surface area contributed by atoms with Gasteiger partial charge in [-0.25, -0.2) is 4.98 Å². The quantitative estimate of drug-likeness (QED) is 0.497. The molecule has 0 unspecified atom stereocenters. The maximum Gasteiger partial charge on any atom is 0.417 e. The molecule has 0 radical (unpaired) electrons. The third kappa shape index (κ3) is 4.71. The van der Waals surface area contributed by atoms with E-state index in [9.17, 15) is 18.3 Å². The fourth-order valence-corrected chi connectivity index (χ4v) is 4.98. The second kappa shape index (κ2) is 9.42. The summed E-state index contributed by atoms with van der Waals surface area (Å²) in [5.41, 5.74) is 0.418. The molecule has 1 N–H and O–H groups in total. The monoisotopic (exact) mass is 460 g/mol. The number of aliphatic hydroxyl groups excluding tert-OH is 1. The lowest BCUT2D eigenvalue weighted by Crippen LogP contribution is -2.32. The van der Waals surface area contributed by atoms with Crippen molar-refractivity contribution in [1.82, 2.24) is 4.98 Å². The normalized spacial score (nSPS) is 16.4. The van der Waals surface area contributed by atoms with Crippen molar-refractivity contribution in [3.8, 4) is 16.9 Å². The Morgan fingerprint density at radius 3 is 2.62 bits per heavy atom. The number of aromatic nitrogens is 1. The van der Waals surface area contributed by atoms with Gasteiger partial charge in [-0.3, -0.25) is 0 Å². The predicted molar refractivity (Wildman–Crippen MR) is 119 cm³/mol. The van der Waals surface area contributed by atoms with E-state index in [2.05, 4.69) is 4.98 Å². The van der Waals surface area contributed by atoms with Crippen LogP contribution in [0.5, 0.6) is 5.75 Å². The Labute approximate surface area is 189 Å². The van der Waals surface area contributed by atoms with Crippen LogP contribution in [0.2, 0.25) is 0 Å². The van der Waals surface area contributed by atoms with Crippen LogP contribution < -0.4 is 9.64 Å². The molecule has 4 rings (SSSR count). The molecule has 0 aliphatic carbocycles. The fraction of sp³-hybridized carbons (Fsp3) is 0.292. The molecule has 1 aliphatic heterocycles. The molecule has 0 spiro atoms. The molecule has 0 amide bonds. The standard InChI is InChI=1S/C24H23F3N2O2S/c1-31-20-6-2-3-7-22(20)32-21-9-8-16(13-19(21)24(25,26)27)17-10-11-28-23(14-17)29-12-4-5-18(29)15-30/h2-3,6-11,13-14,18,30H,4-5,12,15H2,1H3/t18-/m1/s1. The van der Waals surface area contributed by atoms with Crippen LogP contribution in [0.25, 0.3) is 11.1 Å². The second-order valence-electron chi connectivity index (χ2n) is 7.54. The first kappa shape index (κ1) is 22.5. The number of nitrogens with zero attached hydrogens (tertiary/aromatic N) is 2. The molecule has 1 aliphatic rings. The minimum Gasteiger partial charge on any atom is -0.496 e. The molecule has 1 atom stereocenters. The number of pyridine rings is 1. The maximum atomic E-state index is 14.0. The number of benzene rings is 2. The number of aliphatic hydroxyl groups is 1. The van der Waals surface area contributed by atoms with E-state index >= 15 is 0 Å². The average Bonchev–Trinajstić information content (AvgIpc) is 3.28. The summed E-state index contributed by atoms with van der Waals surface area (Å²) in [6.45, 7) is 0.795. The van der Waals surface area contributed by atoms with Gasteiger partial charge in [0.05, 0.1) is 30.2 Å². The molecule has 8 heteroatoms. The van der Waals surface area contributed by atoms with Crippen LogP contribution in [0, 0.1) is 0 Å². The summed E-state index contributed by atoms with van der Waals surface area (Å²) >= 11 is 1.03. The summed E-state index contributed by atoms with van der Waals surface area (Å²) < 4.78 is 47.2. The van der Waals surface area contributed by atoms with Gasteiger partial charge in [-0.05, 0) is 60.4 Å². The Bertz CT molecular complexity index is 1090. The van der Waals surface area contributed by atoms with Crippen molar-refractivity contribution < 1.29 is 23.0 Å². The zero-order valence-electron chi connectivity index (χ0n) is 17.5. The van der Waals surface area contributed by atoms with E-state index in [-0.39, 0.29) is 17.5 Å². The third-order valence-electron chi connectivity index (χ3n) is 5.53. The molecular weight excluding hydrogens is 437 g/mol. The highest BCUT2D eigenvalue weighted by molar-refractivity contribution is 7.99. The molecular formula is C24H23F3N2O2S. The van der Waals surface area contributed by atoms with Crippen molar-refractivity contribution in [2.75, 3.05) is 25.2 Å². The highest BCUT2D eigenvalue weighted by Crippen LogP contribution is 2.43. The van der Waals surface area contributed by atoms with Crippen LogP contribution >= 0.6 is 11.8 Å². The number of anilines is 1. The van der Waals surface area contributed by atoms with Crippen molar-refractivity contribution in [3.05, 3.63) is 66.4 Å². The number of methoxy groups -OCH3 is 1. The van der Waals surface area contributed by atoms with Crippen LogP contribution in [0.3, 0.4) is 0 Å². The topological polar surface area (TPSA) is 45.6 Å². The van der Waals surface area contributed by atoms with Gasteiger partial charge in [-0.2, -0.15) is 13.2 Å². The first-order valence-corrected chi connectivity index (χ1v) is 11.1. The summed E-state index contributed by atoms with van der Waals surface area (Å²) in [5.74, 6) is 1.19. The summed E-state index contributed by atoms with van der Waals surface area (Å²) in [7, 11) is 1.50. The Balaban J connectivity index is 1.70. The van der Waals surface area contributed by atoms with E-state index in [1.54, 1.807) is 48.7 Å². The predicted octanol–water partition coefficient (Wildman–Crippen LogP) is 5.89. The van der Waals surface area contributed by atoms with Gasteiger partial charge in [-0.1, -0.05) is 30.0 Å². The smallest absolute Gasteiger partial charge is 0.417 e. The van der Waals surface area contributed by atoms with Crippen molar-refractivity contribution in [2.24, 2.45) is 0 Å². The van der Waals surface area contributed by atoms with Gasteiger partial charge in [0.15, 0.2) is 0 Å². The molecule has 1 saturated heterocycles. The van der Waals surface area contributed by atoms with Gasteiger partial charge in [-0.15, -0.1) is 0 Å². The Morgan fingerprint density at radius 2 is 1.88 bits per heavy atom. The summed E-state index contributed by atoms with van der Waals surface area (Å²) in [6.07, 6.45) is -1.09. The fourth-order valence-electron chi connectivity index (χ4n) is 3.92. The zero-order valence-corrected chi connectivity index (χ0v) is 18.3. The van der Waals surface area contributed by atoms with Crippen LogP contribution in [0.4, 0.5) is 19.0 Å². The summed E-state index contributed by atoms with van der Waals surface area (Å²) in [5, 5.41) is 9.59. The molecule has 168 valence electrons. The van der Waals surface area contributed by atoms with E-state index in [0.29, 0.717) is 27.6 Å². The summed E-state index contributed by atoms with van der Waals surface area (Å²) in [6, 6.07) is 14.9. The summed E-state index contributed by atoms with van der Waals surface area (Å²) in [4.78, 5) is 7.12. The van der Waals surface area contributed by atoms with Crippen LogP contribution in [-0.4, -0.2) is 36.4 Å². The first-order valence-electron chi connectivity index (χ1n) is 10.3. The number of hydrogen-bond donors (Lipinski definition) is 1. The second-order valence-corrected chi connectivity index (χ2v) is 8.62. The lowest BCUT2D eigenvalue weighted by atomic mass is 10.0. The molecule has 32 heavy (non-hydrogen) atoms. The third-order valence-corrected chi connectivity index (χ3v) is 6.67. The van der Waals surface area contributed by atoms with Crippen LogP contribution in [0.1, 0.15) is 18.4 Å². The molecule has 3 aromatic rings. The molecule has 1 fully saturated rings. The van der Waals surface area contributed by atoms with Crippen molar-refractivity contribution >= 4 is 17.6 Å². The Kier molecular flexibility index (Phi) is 6.62. The lowest BCUT2D eigenvalue weighted by molar-refractivity contribution is -0.139. The SMILES string of the molecule is COc1ccccc1Sc1ccc(-c2ccnc(N3CCC[C@@H]3CO)c2)cc1C(F)(F)F. The van der Waals surface area contributed by atoms with E-state index < -0.39 is 11.7 Å². The number of para-hydroxylation sites is 1. The van der Waals surface area contributed by atoms with Crippen molar-refractivity contribution in [2.45, 2.75) is 34.9 Å². The largest absolute Gasteiger partial charge is 0.496 e. The van der Waals surface area contributed by atoms with Crippen molar-refractivity contribution in [3.63, 3.8) is 0 Å². The van der Waals surface area contributed by atoms with E-state index in [1.165, 1.54) is 19.2 Å². The van der Waals surface area contributed by atoms with Gasteiger partial charge in [0.2, 0.25) is 0 Å². The molecule has 0 bridgehead atoms. The molecule has 4 nitrogen and oxygen atoms in total. The van der Waals surface area contributed by atoms with E-state index in [4.69, 9.17) is 4.74 Å². The molecule has 1 aromatic heterocycles. The van der Waals surface area contributed by atoms with Gasteiger partial charge in [0.25, 0.3) is 0 Å². The lowest BCUT2D eigenvalue weighted by Gasteiger charge is -2.24. The van der Waals surface area contributed by atoms with Gasteiger partial charge >= 0.3 is 6.18 Å². The highest BCUT2D eigenvalue weighted by atomic mass is 32.2. The number of ether oxygens (including phenoxy) is 1. The molecule has 2 heterocycles. The Morgan fingerprint density at radius 1 is 1.09 bits per heavy atom. The van der Waals surface area contributed by atoms with E-state index in [1.807, 2.05) is 4.90 Å². The first-order chi connectivity index (χ1) is 15.4. The minimum absolute atomic E-state index is 0.0110. The van der Waals surface area contributed by atoms with Gasteiger partial charge in [0, 0.05) is 17.6 Å². The Hall–Kier alpha value is -2.71. The van der Waals surface area contributed by atoms with Crippen molar-refractivity contribution in [1.29, 1.82) is 0 Å². The number of alkyl halides is 3. The average molecular weight is 461 g/mol. The number of hydrogen-bond acceptors (Lipinski definition) is 5. The molecule has 2 aromatic carbocycles. The zero-order chi connectivity index (χ0) is 22.7. The highest BCUT2D eigenvalue weighted by Gasteiger charge is 2.34. The molecule has 0 saturated carbocycles. The van der Waals surface area contributed by atoms with Crippen LogP contribution in [0.15, 0.2) is 70.6 Å². The maximum absolute atomic E-state index is 14.0. The van der Waals surface area contributed by atoms with Gasteiger partial charge < -0.3 is 14.7 Å². The van der Waals surface area contributed by atoms with E-state index in [0.717, 1.165) is 31.1 Å². The van der Waals surface area contributed by atoms with Gasteiger partial charge in [0.1, 0.15) is 11.6 Å². The number of rotatable bonds is 6.